The molecular formula is C35H54N8O7. The number of rotatable bonds is 10. The summed E-state index contributed by atoms with van der Waals surface area (Å²) in [5, 5.41) is 15.2. The van der Waals surface area contributed by atoms with Crippen LogP contribution in [0.1, 0.15) is 96.8 Å². The van der Waals surface area contributed by atoms with Crippen molar-refractivity contribution in [3.05, 3.63) is 0 Å². The molecule has 15 nitrogen and oxygen atoms in total. The average Bonchev–Trinajstić information content (AvgIpc) is 3.91. The van der Waals surface area contributed by atoms with Crippen LogP contribution in [0, 0.1) is 17.8 Å². The van der Waals surface area contributed by atoms with Crippen molar-refractivity contribution in [1.82, 2.24) is 36.4 Å². The molecule has 3 heterocycles. The Bertz CT molecular complexity index is 1360. The second-order valence-electron chi connectivity index (χ2n) is 15.3. The molecule has 0 aromatic rings. The third-order valence-corrected chi connectivity index (χ3v) is 12.1. The van der Waals surface area contributed by atoms with E-state index in [1.165, 1.54) is 6.92 Å². The Labute approximate surface area is 293 Å². The highest BCUT2D eigenvalue weighted by Gasteiger charge is 2.46. The summed E-state index contributed by atoms with van der Waals surface area (Å²) in [4.78, 5) is 95.0. The summed E-state index contributed by atoms with van der Waals surface area (Å²) in [6, 6.07) is -3.17. The average molecular weight is 699 g/mol. The maximum atomic E-state index is 13.9. The number of hydrogen-bond donors (Lipinski definition) is 6. The first-order chi connectivity index (χ1) is 24.0. The van der Waals surface area contributed by atoms with Crippen LogP contribution < -0.4 is 32.3 Å². The Hall–Kier alpha value is -3.75. The highest BCUT2D eigenvalue weighted by atomic mass is 16.2. The lowest BCUT2D eigenvalue weighted by Crippen LogP contribution is -2.57. The monoisotopic (exact) mass is 698 g/mol. The van der Waals surface area contributed by atoms with Crippen LogP contribution >= 0.6 is 0 Å². The van der Waals surface area contributed by atoms with Crippen molar-refractivity contribution in [2.45, 2.75) is 139 Å². The number of hydrogen-bond acceptors (Lipinski definition) is 8. The zero-order valence-corrected chi connectivity index (χ0v) is 29.1. The Morgan fingerprint density at radius 1 is 0.540 bits per heavy atom. The lowest BCUT2D eigenvalue weighted by Gasteiger charge is -2.33. The van der Waals surface area contributed by atoms with Gasteiger partial charge in [-0.15, -0.1) is 0 Å². The predicted molar refractivity (Wildman–Crippen MR) is 180 cm³/mol. The van der Waals surface area contributed by atoms with Gasteiger partial charge in [-0.2, -0.15) is 0 Å². The number of primary amides is 1. The van der Waals surface area contributed by atoms with E-state index in [2.05, 4.69) is 26.6 Å². The van der Waals surface area contributed by atoms with Gasteiger partial charge in [0.15, 0.2) is 0 Å². The second-order valence-corrected chi connectivity index (χ2v) is 15.3. The normalized spacial score (nSPS) is 35.2. The Morgan fingerprint density at radius 2 is 1.00 bits per heavy atom. The molecule has 6 fully saturated rings. The third-order valence-electron chi connectivity index (χ3n) is 12.1. The topological polar surface area (TPSA) is 212 Å². The van der Waals surface area contributed by atoms with Gasteiger partial charge in [0.2, 0.25) is 41.4 Å². The first-order valence-electron chi connectivity index (χ1n) is 18.9. The maximum Gasteiger partial charge on any atom is 0.243 e. The molecule has 7 N–H and O–H groups in total. The number of carbonyl (C=O) groups is 7. The molecule has 6 aliphatic rings. The fraction of sp³-hybridized carbons (Fsp3) is 0.800. The van der Waals surface area contributed by atoms with Crippen molar-refractivity contribution in [3.63, 3.8) is 0 Å². The van der Waals surface area contributed by atoms with E-state index in [9.17, 15) is 33.6 Å². The zero-order valence-electron chi connectivity index (χ0n) is 29.1. The van der Waals surface area contributed by atoms with Crippen LogP contribution in [-0.4, -0.2) is 113 Å². The van der Waals surface area contributed by atoms with Crippen LogP contribution in [0.3, 0.4) is 0 Å². The Balaban J connectivity index is 1.04. The number of amides is 7. The van der Waals surface area contributed by atoms with Crippen LogP contribution in [0.4, 0.5) is 0 Å². The minimum absolute atomic E-state index is 0.131. The highest BCUT2D eigenvalue weighted by Crippen LogP contribution is 2.34. The lowest BCUT2D eigenvalue weighted by atomic mass is 9.99. The maximum absolute atomic E-state index is 13.9. The molecule has 0 bridgehead atoms. The van der Waals surface area contributed by atoms with Crippen molar-refractivity contribution in [2.24, 2.45) is 23.5 Å². The van der Waals surface area contributed by atoms with E-state index in [1.807, 2.05) is 0 Å². The van der Waals surface area contributed by atoms with Gasteiger partial charge in [-0.3, -0.25) is 33.6 Å². The largest absolute Gasteiger partial charge is 0.369 e. The van der Waals surface area contributed by atoms with Crippen molar-refractivity contribution < 1.29 is 33.6 Å². The fourth-order valence-electron chi connectivity index (χ4n) is 9.59. The molecular weight excluding hydrogens is 644 g/mol. The Morgan fingerprint density at radius 3 is 1.48 bits per heavy atom. The fourth-order valence-corrected chi connectivity index (χ4v) is 9.59. The van der Waals surface area contributed by atoms with E-state index in [0.717, 1.165) is 19.3 Å². The van der Waals surface area contributed by atoms with Gasteiger partial charge in [0.25, 0.3) is 0 Å². The predicted octanol–water partition coefficient (Wildman–Crippen LogP) is -0.825. The van der Waals surface area contributed by atoms with Crippen molar-refractivity contribution in [1.29, 1.82) is 0 Å². The number of carbonyl (C=O) groups excluding carboxylic acids is 7. The van der Waals surface area contributed by atoms with E-state index < -0.39 is 41.8 Å². The van der Waals surface area contributed by atoms with E-state index >= 15 is 0 Å². The minimum atomic E-state index is -0.647. The molecule has 0 aromatic carbocycles. The van der Waals surface area contributed by atoms with Gasteiger partial charge in [0.1, 0.15) is 18.1 Å². The van der Waals surface area contributed by atoms with E-state index in [-0.39, 0.29) is 59.6 Å². The molecule has 3 aliphatic carbocycles. The lowest BCUT2D eigenvalue weighted by molar-refractivity contribution is -0.144. The molecule has 50 heavy (non-hydrogen) atoms. The zero-order chi connectivity index (χ0) is 35.5. The molecule has 10 atom stereocenters. The molecule has 3 aliphatic heterocycles. The molecule has 276 valence electrons. The molecule has 7 amide bonds. The standard InChI is InChI=1S/C35H54N8O7/c1-19(44)38-26-15-16-37-29(26)33(48)41-25-12-4-9-22(25)35(50)43-18-6-14-28(43)32(47)40-24-11-3-8-21(24)34(49)42-17-5-13-27(42)31(46)39-23-10-2-7-20(23)30(36)45/h20-29,37H,2-18H2,1H3,(H2,36,45)(H,38,44)(H,39,46)(H,40,47)(H,41,48)/t20-,21-,22-,23-,24-,25-,26-,27-,28-,29-/m1/s1. The van der Waals surface area contributed by atoms with Gasteiger partial charge in [0.05, 0.1) is 23.8 Å². The van der Waals surface area contributed by atoms with Crippen molar-refractivity contribution in [3.8, 4) is 0 Å². The molecule has 0 unspecified atom stereocenters. The smallest absolute Gasteiger partial charge is 0.243 e. The SMILES string of the molecule is CC(=O)N[C@@H]1CCN[C@H]1C(=O)N[C@@H]1CCC[C@H]1C(=O)N1CCC[C@@H]1C(=O)N[C@@H]1CCC[C@H]1C(=O)N1CCC[C@@H]1C(=O)N[C@@H]1CCC[C@H]1C(N)=O. The molecule has 3 saturated heterocycles. The quantitative estimate of drug-likeness (QED) is 0.169. The van der Waals surface area contributed by atoms with Crippen molar-refractivity contribution in [2.75, 3.05) is 19.6 Å². The molecule has 0 aromatic heterocycles. The van der Waals surface area contributed by atoms with E-state index in [0.29, 0.717) is 90.3 Å². The summed E-state index contributed by atoms with van der Waals surface area (Å²) in [5.41, 5.74) is 5.55. The molecule has 3 saturated carbocycles. The first kappa shape index (κ1) is 36.1. The van der Waals surface area contributed by atoms with Crippen LogP contribution in [-0.2, 0) is 33.6 Å². The van der Waals surface area contributed by atoms with Gasteiger partial charge in [0, 0.05) is 38.1 Å². The molecule has 6 rings (SSSR count). The van der Waals surface area contributed by atoms with Crippen LogP contribution in [0.2, 0.25) is 0 Å². The number of likely N-dealkylation sites (tertiary alicyclic amines) is 2. The van der Waals surface area contributed by atoms with E-state index in [4.69, 9.17) is 5.73 Å². The van der Waals surface area contributed by atoms with Crippen LogP contribution in [0.25, 0.3) is 0 Å². The minimum Gasteiger partial charge on any atom is -0.369 e. The van der Waals surface area contributed by atoms with Gasteiger partial charge >= 0.3 is 0 Å². The van der Waals surface area contributed by atoms with Gasteiger partial charge in [-0.25, -0.2) is 0 Å². The molecule has 0 radical (unpaired) electrons. The number of nitrogens with one attached hydrogen (secondary N) is 5. The van der Waals surface area contributed by atoms with Crippen LogP contribution in [0.15, 0.2) is 0 Å². The summed E-state index contributed by atoms with van der Waals surface area (Å²) in [6.07, 6.45) is 9.35. The third kappa shape index (κ3) is 7.62. The summed E-state index contributed by atoms with van der Waals surface area (Å²) >= 11 is 0. The van der Waals surface area contributed by atoms with E-state index in [1.54, 1.807) is 9.80 Å². The summed E-state index contributed by atoms with van der Waals surface area (Å²) in [7, 11) is 0. The van der Waals surface area contributed by atoms with Crippen molar-refractivity contribution >= 4 is 41.4 Å². The molecule has 15 heteroatoms. The summed E-state index contributed by atoms with van der Waals surface area (Å²) in [5.74, 6) is -2.90. The van der Waals surface area contributed by atoms with Crippen LogP contribution in [0.5, 0.6) is 0 Å². The number of nitrogens with two attached hydrogens (primary N) is 1. The summed E-state index contributed by atoms with van der Waals surface area (Å²) in [6.45, 7) is 2.96. The second kappa shape index (κ2) is 15.6. The number of nitrogens with zero attached hydrogens (tertiary/aromatic N) is 2. The van der Waals surface area contributed by atoms with Gasteiger partial charge in [-0.05, 0) is 77.2 Å². The Kier molecular flexibility index (Phi) is 11.3. The summed E-state index contributed by atoms with van der Waals surface area (Å²) < 4.78 is 0. The highest BCUT2D eigenvalue weighted by molar-refractivity contribution is 5.92. The van der Waals surface area contributed by atoms with Gasteiger partial charge in [-0.1, -0.05) is 19.3 Å². The van der Waals surface area contributed by atoms with Gasteiger partial charge < -0.3 is 42.1 Å². The molecule has 0 spiro atoms. The first-order valence-corrected chi connectivity index (χ1v) is 18.9.